The summed E-state index contributed by atoms with van der Waals surface area (Å²) in [5.41, 5.74) is 1.91. The summed E-state index contributed by atoms with van der Waals surface area (Å²) in [5, 5.41) is 0. The Morgan fingerprint density at radius 1 is 1.43 bits per heavy atom. The second kappa shape index (κ2) is 6.69. The highest BCUT2D eigenvalue weighted by atomic mass is 16.2. The van der Waals surface area contributed by atoms with Gasteiger partial charge in [-0.15, -0.1) is 0 Å². The Morgan fingerprint density at radius 3 is 3.00 bits per heavy atom. The molecule has 2 aromatic heterocycles. The molecule has 1 unspecified atom stereocenters. The average molecular weight is 314 g/mol. The fourth-order valence-electron chi connectivity index (χ4n) is 3.37. The number of hydrogen-bond donors (Lipinski definition) is 0. The first-order valence-electron chi connectivity index (χ1n) is 8.69. The van der Waals surface area contributed by atoms with Crippen LogP contribution in [0.15, 0.2) is 18.3 Å². The van der Waals surface area contributed by atoms with Gasteiger partial charge in [-0.1, -0.05) is 13.8 Å². The number of nitrogens with zero attached hydrogens (tertiary/aromatic N) is 4. The Hall–Kier alpha value is -1.91. The lowest BCUT2D eigenvalue weighted by Crippen LogP contribution is -2.28. The molecule has 0 radical (unpaired) electrons. The molecule has 0 spiro atoms. The number of aryl methyl sites for hydroxylation is 1. The van der Waals surface area contributed by atoms with Crippen molar-refractivity contribution >= 4 is 17.1 Å². The molecule has 1 atom stereocenters. The first-order valence-corrected chi connectivity index (χ1v) is 8.69. The van der Waals surface area contributed by atoms with Crippen molar-refractivity contribution in [3.63, 3.8) is 0 Å². The maximum atomic E-state index is 12.3. The van der Waals surface area contributed by atoms with Crippen LogP contribution in [0.5, 0.6) is 0 Å². The van der Waals surface area contributed by atoms with Crippen LogP contribution >= 0.6 is 0 Å². The Labute approximate surface area is 137 Å². The molecule has 0 aliphatic carbocycles. The molecule has 3 rings (SSSR count). The second-order valence-electron chi connectivity index (χ2n) is 6.82. The summed E-state index contributed by atoms with van der Waals surface area (Å²) in [7, 11) is 0. The zero-order chi connectivity index (χ0) is 16.4. The number of fused-ring (bicyclic) bond motifs is 1. The number of hydrogen-bond acceptors (Lipinski definition) is 3. The quantitative estimate of drug-likeness (QED) is 0.851. The van der Waals surface area contributed by atoms with Crippen LogP contribution in [0.25, 0.3) is 11.2 Å². The zero-order valence-corrected chi connectivity index (χ0v) is 14.3. The summed E-state index contributed by atoms with van der Waals surface area (Å²) in [6.07, 6.45) is 4.45. The zero-order valence-electron chi connectivity index (χ0n) is 14.3. The van der Waals surface area contributed by atoms with Crippen molar-refractivity contribution in [1.29, 1.82) is 0 Å². The van der Waals surface area contributed by atoms with E-state index in [-0.39, 0.29) is 0 Å². The van der Waals surface area contributed by atoms with Crippen molar-refractivity contribution in [2.75, 3.05) is 13.1 Å². The Bertz CT molecular complexity index is 691. The second-order valence-corrected chi connectivity index (χ2v) is 6.82. The van der Waals surface area contributed by atoms with E-state index in [1.807, 2.05) is 23.2 Å². The molecular formula is C18H26N4O. The average Bonchev–Trinajstić information content (AvgIpc) is 3.16. The van der Waals surface area contributed by atoms with Crippen LogP contribution in [-0.4, -0.2) is 38.4 Å². The van der Waals surface area contributed by atoms with E-state index in [0.717, 1.165) is 49.5 Å². The van der Waals surface area contributed by atoms with Crippen LogP contribution in [-0.2, 0) is 11.3 Å². The van der Waals surface area contributed by atoms with E-state index in [4.69, 9.17) is 4.98 Å². The first-order chi connectivity index (χ1) is 11.1. The first kappa shape index (κ1) is 16.0. The molecule has 1 aliphatic heterocycles. The van der Waals surface area contributed by atoms with Crippen molar-refractivity contribution in [3.8, 4) is 0 Å². The topological polar surface area (TPSA) is 51.0 Å². The number of carbonyl (C=O) groups excluding carboxylic acids is 1. The monoisotopic (exact) mass is 314 g/mol. The predicted molar refractivity (Wildman–Crippen MR) is 91.2 cm³/mol. The van der Waals surface area contributed by atoms with E-state index in [2.05, 4.69) is 30.3 Å². The van der Waals surface area contributed by atoms with E-state index in [0.29, 0.717) is 24.2 Å². The van der Waals surface area contributed by atoms with E-state index in [1.165, 1.54) is 0 Å². The maximum absolute atomic E-state index is 12.3. The summed E-state index contributed by atoms with van der Waals surface area (Å²) in [5.74, 6) is 2.28. The van der Waals surface area contributed by atoms with Crippen molar-refractivity contribution < 1.29 is 4.79 Å². The van der Waals surface area contributed by atoms with Crippen LogP contribution in [0.4, 0.5) is 0 Å². The minimum absolute atomic E-state index is 0.290. The summed E-state index contributed by atoms with van der Waals surface area (Å²) in [4.78, 5) is 23.6. The van der Waals surface area contributed by atoms with Crippen LogP contribution in [0.3, 0.4) is 0 Å². The molecule has 0 N–H and O–H groups in total. The Kier molecular flexibility index (Phi) is 4.64. The van der Waals surface area contributed by atoms with Crippen molar-refractivity contribution in [1.82, 2.24) is 19.4 Å². The fraction of sp³-hybridized carbons (Fsp3) is 0.611. The normalized spacial score (nSPS) is 18.3. The number of pyridine rings is 1. The number of carbonyl (C=O) groups is 1. The largest absolute Gasteiger partial charge is 0.342 e. The van der Waals surface area contributed by atoms with Crippen LogP contribution in [0.1, 0.15) is 51.8 Å². The molecule has 1 fully saturated rings. The molecule has 3 heterocycles. The highest BCUT2D eigenvalue weighted by molar-refractivity contribution is 5.76. The lowest BCUT2D eigenvalue weighted by Gasteiger charge is -2.17. The van der Waals surface area contributed by atoms with E-state index in [9.17, 15) is 4.79 Å². The molecule has 5 heteroatoms. The van der Waals surface area contributed by atoms with Gasteiger partial charge in [-0.3, -0.25) is 4.79 Å². The molecule has 1 saturated heterocycles. The van der Waals surface area contributed by atoms with E-state index < -0.39 is 0 Å². The molecule has 1 aliphatic rings. The van der Waals surface area contributed by atoms with Crippen LogP contribution in [0, 0.1) is 5.92 Å². The van der Waals surface area contributed by atoms with Crippen LogP contribution in [0.2, 0.25) is 0 Å². The number of aromatic nitrogens is 3. The molecule has 124 valence electrons. The summed E-state index contributed by atoms with van der Waals surface area (Å²) in [6.45, 7) is 8.95. The summed E-state index contributed by atoms with van der Waals surface area (Å²) in [6, 6.07) is 3.94. The van der Waals surface area contributed by atoms with Gasteiger partial charge < -0.3 is 9.47 Å². The number of rotatable bonds is 5. The molecule has 0 aromatic carbocycles. The van der Waals surface area contributed by atoms with Gasteiger partial charge in [-0.05, 0) is 37.8 Å². The van der Waals surface area contributed by atoms with Gasteiger partial charge in [0.25, 0.3) is 0 Å². The third-order valence-electron chi connectivity index (χ3n) is 4.69. The van der Waals surface area contributed by atoms with Crippen LogP contribution < -0.4 is 0 Å². The van der Waals surface area contributed by atoms with Gasteiger partial charge in [0, 0.05) is 38.2 Å². The molecule has 1 amide bonds. The van der Waals surface area contributed by atoms with Crippen molar-refractivity contribution in [2.24, 2.45) is 5.92 Å². The van der Waals surface area contributed by atoms with Gasteiger partial charge in [0.2, 0.25) is 5.91 Å². The molecule has 0 bridgehead atoms. The van der Waals surface area contributed by atoms with Gasteiger partial charge in [-0.2, -0.15) is 0 Å². The highest BCUT2D eigenvalue weighted by Crippen LogP contribution is 2.29. The fourth-order valence-corrected chi connectivity index (χ4v) is 3.37. The van der Waals surface area contributed by atoms with Gasteiger partial charge in [0.15, 0.2) is 5.65 Å². The third-order valence-corrected chi connectivity index (χ3v) is 4.69. The minimum atomic E-state index is 0.290. The molecule has 5 nitrogen and oxygen atoms in total. The third kappa shape index (κ3) is 3.23. The van der Waals surface area contributed by atoms with Gasteiger partial charge in [0.1, 0.15) is 11.3 Å². The number of likely N-dealkylation sites (tertiary alicyclic amines) is 1. The summed E-state index contributed by atoms with van der Waals surface area (Å²) >= 11 is 0. The standard InChI is InChI=1S/C18H26N4O/c1-4-22-17(20-15-6-5-10-19-18(15)22)14-9-11-21(12-14)16(23)8-7-13(2)3/h5-6,10,13-14H,4,7-9,11-12H2,1-3H3. The lowest BCUT2D eigenvalue weighted by molar-refractivity contribution is -0.130. The highest BCUT2D eigenvalue weighted by Gasteiger charge is 2.30. The maximum Gasteiger partial charge on any atom is 0.222 e. The van der Waals surface area contributed by atoms with Gasteiger partial charge >= 0.3 is 0 Å². The minimum Gasteiger partial charge on any atom is -0.342 e. The van der Waals surface area contributed by atoms with Gasteiger partial charge in [-0.25, -0.2) is 9.97 Å². The number of amides is 1. The summed E-state index contributed by atoms with van der Waals surface area (Å²) < 4.78 is 2.20. The molecule has 23 heavy (non-hydrogen) atoms. The van der Waals surface area contributed by atoms with E-state index >= 15 is 0 Å². The van der Waals surface area contributed by atoms with E-state index in [1.54, 1.807) is 0 Å². The Balaban J connectivity index is 1.75. The lowest BCUT2D eigenvalue weighted by atomic mass is 10.1. The Morgan fingerprint density at radius 2 is 2.26 bits per heavy atom. The smallest absolute Gasteiger partial charge is 0.222 e. The molecule has 2 aromatic rings. The predicted octanol–water partition coefficient (Wildman–Crippen LogP) is 3.20. The SMILES string of the molecule is CCn1c(C2CCN(C(=O)CCC(C)C)C2)nc2cccnc21. The van der Waals surface area contributed by atoms with Gasteiger partial charge in [0.05, 0.1) is 0 Å². The molecular weight excluding hydrogens is 288 g/mol. The molecule has 0 saturated carbocycles. The van der Waals surface area contributed by atoms with Crippen molar-refractivity contribution in [3.05, 3.63) is 24.2 Å². The number of imidazole rings is 1. The van der Waals surface area contributed by atoms with Crippen molar-refractivity contribution in [2.45, 2.75) is 52.5 Å².